The Balaban J connectivity index is 0.00000108. The number of hydrogen-bond acceptors (Lipinski definition) is 6. The van der Waals surface area contributed by atoms with Crippen LogP contribution in [0.4, 0.5) is 5.69 Å². The molecule has 188 valence electrons. The fourth-order valence-electron chi connectivity index (χ4n) is 4.57. The Hall–Kier alpha value is -3.50. The standard InChI is InChI=1S/C24H31N5O3.CH2O2/c1-15(25-2)22(30)28-19-11-6-14-26-21-13-12-20(29(21)24(19)32)23(31)27-18-10-5-8-16-7-3-4-9-17(16)18;2-1-3/h3-5,7-10,15,19-21,25-26H,6,11-14H2,1-2H3,(H,27,31)(H,28,30);1H,(H,2,3)/t15-,19-,20?,21+;/m0./s1. The Kier molecular flexibility index (Phi) is 9.16. The van der Waals surface area contributed by atoms with Gasteiger partial charge in [-0.3, -0.25) is 24.5 Å². The molecule has 10 heteroatoms. The van der Waals surface area contributed by atoms with Gasteiger partial charge in [-0.2, -0.15) is 0 Å². The van der Waals surface area contributed by atoms with Crippen molar-refractivity contribution in [1.29, 1.82) is 0 Å². The summed E-state index contributed by atoms with van der Waals surface area (Å²) in [5, 5.41) is 21.1. The van der Waals surface area contributed by atoms with Crippen LogP contribution in [0.5, 0.6) is 0 Å². The summed E-state index contributed by atoms with van der Waals surface area (Å²) in [4.78, 5) is 49.2. The minimum atomic E-state index is -0.631. The van der Waals surface area contributed by atoms with Gasteiger partial charge in [-0.1, -0.05) is 36.4 Å². The van der Waals surface area contributed by atoms with E-state index in [0.717, 1.165) is 29.4 Å². The third-order valence-electron chi connectivity index (χ3n) is 6.48. The van der Waals surface area contributed by atoms with Crippen LogP contribution in [0.1, 0.15) is 32.6 Å². The lowest BCUT2D eigenvalue weighted by atomic mass is 10.1. The zero-order valence-corrected chi connectivity index (χ0v) is 20.0. The van der Waals surface area contributed by atoms with E-state index >= 15 is 0 Å². The maximum Gasteiger partial charge on any atom is 0.290 e. The van der Waals surface area contributed by atoms with E-state index in [4.69, 9.17) is 9.90 Å². The van der Waals surface area contributed by atoms with Crippen molar-refractivity contribution in [1.82, 2.24) is 20.9 Å². The highest BCUT2D eigenvalue weighted by molar-refractivity contribution is 6.05. The average molecular weight is 484 g/mol. The lowest BCUT2D eigenvalue weighted by molar-refractivity contribution is -0.143. The molecule has 2 aromatic rings. The molecule has 2 aliphatic rings. The first-order chi connectivity index (χ1) is 16.9. The monoisotopic (exact) mass is 483 g/mol. The van der Waals surface area contributed by atoms with Crippen LogP contribution < -0.4 is 21.3 Å². The molecule has 0 bridgehead atoms. The molecule has 1 unspecified atom stereocenters. The van der Waals surface area contributed by atoms with Crippen molar-refractivity contribution in [3.63, 3.8) is 0 Å². The van der Waals surface area contributed by atoms with Crippen molar-refractivity contribution in [2.45, 2.75) is 56.9 Å². The Morgan fingerprint density at radius 3 is 2.60 bits per heavy atom. The van der Waals surface area contributed by atoms with E-state index in [9.17, 15) is 14.4 Å². The second-order valence-electron chi connectivity index (χ2n) is 8.64. The van der Waals surface area contributed by atoms with Crippen LogP contribution in [0.3, 0.4) is 0 Å². The first kappa shape index (κ1) is 26.1. The predicted molar refractivity (Wildman–Crippen MR) is 133 cm³/mol. The summed E-state index contributed by atoms with van der Waals surface area (Å²) >= 11 is 0. The van der Waals surface area contributed by atoms with Crippen LogP contribution in [0, 0.1) is 0 Å². The zero-order valence-electron chi connectivity index (χ0n) is 20.0. The number of anilines is 1. The molecule has 0 spiro atoms. The number of benzene rings is 2. The SMILES string of the molecule is CN[C@@H](C)C(=O)N[C@H]1CCCN[C@H]2CCC(C(=O)Nc3cccc4ccccc34)N2C1=O.O=CO. The number of rotatable bonds is 5. The first-order valence-electron chi connectivity index (χ1n) is 11.8. The lowest BCUT2D eigenvalue weighted by Gasteiger charge is -2.35. The number of amides is 3. The molecule has 2 heterocycles. The molecule has 2 saturated heterocycles. The van der Waals surface area contributed by atoms with Crippen molar-refractivity contribution in [2.24, 2.45) is 0 Å². The van der Waals surface area contributed by atoms with Crippen LogP contribution in [0.25, 0.3) is 10.8 Å². The molecular formula is C25H33N5O5. The van der Waals surface area contributed by atoms with Gasteiger partial charge in [-0.25, -0.2) is 0 Å². The van der Waals surface area contributed by atoms with Gasteiger partial charge in [0.2, 0.25) is 17.7 Å². The molecule has 0 radical (unpaired) electrons. The van der Waals surface area contributed by atoms with E-state index in [-0.39, 0.29) is 30.4 Å². The van der Waals surface area contributed by atoms with E-state index in [2.05, 4.69) is 21.3 Å². The molecule has 0 aromatic heterocycles. The zero-order chi connectivity index (χ0) is 25.4. The van der Waals surface area contributed by atoms with Gasteiger partial charge in [0.05, 0.1) is 12.2 Å². The fraction of sp³-hybridized carbons (Fsp3) is 0.440. The van der Waals surface area contributed by atoms with Gasteiger partial charge in [0.25, 0.3) is 6.47 Å². The van der Waals surface area contributed by atoms with Gasteiger partial charge in [0, 0.05) is 11.1 Å². The van der Waals surface area contributed by atoms with Gasteiger partial charge in [0.15, 0.2) is 0 Å². The molecule has 2 aromatic carbocycles. The Bertz CT molecular complexity index is 1060. The van der Waals surface area contributed by atoms with E-state index < -0.39 is 18.1 Å². The molecule has 0 aliphatic carbocycles. The van der Waals surface area contributed by atoms with Crippen LogP contribution >= 0.6 is 0 Å². The van der Waals surface area contributed by atoms with Crippen molar-refractivity contribution < 1.29 is 24.3 Å². The van der Waals surface area contributed by atoms with Crippen molar-refractivity contribution >= 4 is 40.7 Å². The number of hydrogen-bond donors (Lipinski definition) is 5. The average Bonchev–Trinajstić information content (AvgIpc) is 3.28. The summed E-state index contributed by atoms with van der Waals surface area (Å²) in [6.07, 6.45) is 2.39. The van der Waals surface area contributed by atoms with E-state index in [1.807, 2.05) is 42.5 Å². The smallest absolute Gasteiger partial charge is 0.290 e. The highest BCUT2D eigenvalue weighted by Gasteiger charge is 2.44. The summed E-state index contributed by atoms with van der Waals surface area (Å²) in [5.41, 5.74) is 0.733. The predicted octanol–water partition coefficient (Wildman–Crippen LogP) is 1.27. The molecule has 4 atom stereocenters. The minimum absolute atomic E-state index is 0.200. The largest absolute Gasteiger partial charge is 0.483 e. The lowest BCUT2D eigenvalue weighted by Crippen LogP contribution is -2.60. The number of fused-ring (bicyclic) bond motifs is 2. The molecular weight excluding hydrogens is 450 g/mol. The normalized spacial score (nSPS) is 22.6. The first-order valence-corrected chi connectivity index (χ1v) is 11.8. The summed E-state index contributed by atoms with van der Waals surface area (Å²) in [6, 6.07) is 12.1. The summed E-state index contributed by atoms with van der Waals surface area (Å²) in [6.45, 7) is 2.24. The van der Waals surface area contributed by atoms with Gasteiger partial charge < -0.3 is 26.0 Å². The number of nitrogens with zero attached hydrogens (tertiary/aromatic N) is 1. The van der Waals surface area contributed by atoms with Gasteiger partial charge in [0.1, 0.15) is 12.1 Å². The van der Waals surface area contributed by atoms with Crippen LogP contribution in [-0.2, 0) is 19.2 Å². The molecule has 2 fully saturated rings. The van der Waals surface area contributed by atoms with E-state index in [1.54, 1.807) is 18.9 Å². The van der Waals surface area contributed by atoms with Crippen LogP contribution in [0.15, 0.2) is 42.5 Å². The van der Waals surface area contributed by atoms with E-state index in [0.29, 0.717) is 19.3 Å². The Morgan fingerprint density at radius 1 is 1.14 bits per heavy atom. The van der Waals surface area contributed by atoms with Crippen molar-refractivity contribution in [3.8, 4) is 0 Å². The molecule has 0 saturated carbocycles. The number of likely N-dealkylation sites (N-methyl/N-ethyl adjacent to an activating group) is 1. The minimum Gasteiger partial charge on any atom is -0.483 e. The highest BCUT2D eigenvalue weighted by atomic mass is 16.3. The second kappa shape index (κ2) is 12.3. The van der Waals surface area contributed by atoms with Crippen molar-refractivity contribution in [3.05, 3.63) is 42.5 Å². The number of carbonyl (C=O) groups excluding carboxylic acids is 3. The number of carboxylic acid groups (broad SMARTS) is 1. The summed E-state index contributed by atoms with van der Waals surface area (Å²) in [7, 11) is 1.71. The van der Waals surface area contributed by atoms with Gasteiger partial charge in [-0.15, -0.1) is 0 Å². The molecule has 5 N–H and O–H groups in total. The molecule has 4 rings (SSSR count). The van der Waals surface area contributed by atoms with Gasteiger partial charge in [-0.05, 0) is 57.7 Å². The van der Waals surface area contributed by atoms with E-state index in [1.165, 1.54) is 0 Å². The van der Waals surface area contributed by atoms with Gasteiger partial charge >= 0.3 is 0 Å². The maximum absolute atomic E-state index is 13.5. The molecule has 2 aliphatic heterocycles. The summed E-state index contributed by atoms with van der Waals surface area (Å²) in [5.74, 6) is -0.616. The second-order valence-corrected chi connectivity index (χ2v) is 8.64. The quantitative estimate of drug-likeness (QED) is 0.404. The number of carbonyl (C=O) groups is 4. The van der Waals surface area contributed by atoms with Crippen molar-refractivity contribution in [2.75, 3.05) is 18.9 Å². The maximum atomic E-state index is 13.5. The Morgan fingerprint density at radius 2 is 1.86 bits per heavy atom. The van der Waals surface area contributed by atoms with Crippen LogP contribution in [-0.4, -0.2) is 72.1 Å². The highest BCUT2D eigenvalue weighted by Crippen LogP contribution is 2.28. The molecule has 10 nitrogen and oxygen atoms in total. The molecule has 35 heavy (non-hydrogen) atoms. The Labute approximate surface area is 204 Å². The topological polar surface area (TPSA) is 140 Å². The third kappa shape index (κ3) is 6.14. The van der Waals surface area contributed by atoms with Crippen LogP contribution in [0.2, 0.25) is 0 Å². The number of nitrogens with one attached hydrogen (secondary N) is 4. The third-order valence-corrected chi connectivity index (χ3v) is 6.48. The fourth-order valence-corrected chi connectivity index (χ4v) is 4.57. The molecule has 3 amide bonds. The summed E-state index contributed by atoms with van der Waals surface area (Å²) < 4.78 is 0.